The first-order chi connectivity index (χ1) is 11.5. The Labute approximate surface area is 149 Å². The van der Waals surface area contributed by atoms with E-state index in [1.807, 2.05) is 0 Å². The molecular weight excluding hydrogens is 343 g/mol. The highest BCUT2D eigenvalue weighted by atomic mass is 32.2. The molecule has 0 bridgehead atoms. The number of nitrogens with one attached hydrogen (secondary N) is 2. The summed E-state index contributed by atoms with van der Waals surface area (Å²) in [5, 5.41) is 2.75. The molecular formula is C18H27FN2O3S. The van der Waals surface area contributed by atoms with E-state index < -0.39 is 14.8 Å². The summed E-state index contributed by atoms with van der Waals surface area (Å²) in [5.74, 6) is -0.668. The lowest BCUT2D eigenvalue weighted by Gasteiger charge is -2.30. The fourth-order valence-corrected chi connectivity index (χ4v) is 3.81. The smallest absolute Gasteiger partial charge is 0.227 e. The van der Waals surface area contributed by atoms with Gasteiger partial charge in [0.15, 0.2) is 0 Å². The van der Waals surface area contributed by atoms with Crippen LogP contribution in [0.4, 0.5) is 10.1 Å². The number of anilines is 1. The van der Waals surface area contributed by atoms with Crippen LogP contribution in [0.25, 0.3) is 0 Å². The van der Waals surface area contributed by atoms with Gasteiger partial charge in [0.25, 0.3) is 0 Å². The third-order valence-corrected chi connectivity index (χ3v) is 6.92. The maximum absolute atomic E-state index is 13.6. The van der Waals surface area contributed by atoms with E-state index in [0.29, 0.717) is 36.9 Å². The summed E-state index contributed by atoms with van der Waals surface area (Å²) in [4.78, 5) is 12.3. The second kappa shape index (κ2) is 7.41. The Kier molecular flexibility index (Phi) is 5.89. The molecule has 0 heterocycles. The SMILES string of the molecule is Cc1ccc(NC(=O)C2CCC(NS(=O)(=O)C(C)(C)C)CC2)cc1F. The molecule has 7 heteroatoms. The molecule has 5 nitrogen and oxygen atoms in total. The van der Waals surface area contributed by atoms with Gasteiger partial charge in [-0.2, -0.15) is 0 Å². The van der Waals surface area contributed by atoms with Crippen molar-refractivity contribution < 1.29 is 17.6 Å². The van der Waals surface area contributed by atoms with Crippen LogP contribution in [0.1, 0.15) is 52.0 Å². The van der Waals surface area contributed by atoms with E-state index in [2.05, 4.69) is 10.0 Å². The predicted octanol–water partition coefficient (Wildman–Crippen LogP) is 3.35. The van der Waals surface area contributed by atoms with Crippen LogP contribution < -0.4 is 10.0 Å². The summed E-state index contributed by atoms with van der Waals surface area (Å²) in [5.41, 5.74) is 0.980. The Balaban J connectivity index is 1.89. The van der Waals surface area contributed by atoms with Gasteiger partial charge >= 0.3 is 0 Å². The molecule has 1 amide bonds. The minimum atomic E-state index is -3.38. The summed E-state index contributed by atoms with van der Waals surface area (Å²) < 4.78 is 39.9. The molecule has 1 aromatic rings. The van der Waals surface area contributed by atoms with E-state index in [4.69, 9.17) is 0 Å². The van der Waals surface area contributed by atoms with Crippen LogP contribution in [0.3, 0.4) is 0 Å². The largest absolute Gasteiger partial charge is 0.326 e. The summed E-state index contributed by atoms with van der Waals surface area (Å²) >= 11 is 0. The third-order valence-electron chi connectivity index (χ3n) is 4.67. The van der Waals surface area contributed by atoms with Crippen LogP contribution in [0.15, 0.2) is 18.2 Å². The van der Waals surface area contributed by atoms with Gasteiger partial charge in [0, 0.05) is 17.6 Å². The Morgan fingerprint density at radius 3 is 2.28 bits per heavy atom. The number of amides is 1. The van der Waals surface area contributed by atoms with Crippen molar-refractivity contribution >= 4 is 21.6 Å². The zero-order chi connectivity index (χ0) is 18.8. The first kappa shape index (κ1) is 19.8. The maximum atomic E-state index is 13.6. The predicted molar refractivity (Wildman–Crippen MR) is 97.3 cm³/mol. The number of halogens is 1. The molecule has 0 atom stereocenters. The summed E-state index contributed by atoms with van der Waals surface area (Å²) in [6.07, 6.45) is 2.46. The topological polar surface area (TPSA) is 75.3 Å². The number of carbonyl (C=O) groups is 1. The number of rotatable bonds is 4. The van der Waals surface area contributed by atoms with Crippen molar-refractivity contribution in [2.24, 2.45) is 5.92 Å². The normalized spacial score (nSPS) is 21.8. The molecule has 1 aromatic carbocycles. The van der Waals surface area contributed by atoms with Crippen LogP contribution in [-0.2, 0) is 14.8 Å². The van der Waals surface area contributed by atoms with Gasteiger partial charge in [0.1, 0.15) is 5.82 Å². The second-order valence-electron chi connectivity index (χ2n) is 7.74. The van der Waals surface area contributed by atoms with Crippen molar-refractivity contribution in [3.63, 3.8) is 0 Å². The van der Waals surface area contributed by atoms with Crippen molar-refractivity contribution in [3.8, 4) is 0 Å². The number of benzene rings is 1. The standard InChI is InChI=1S/C18H27FN2O3S/c1-12-5-8-15(11-16(12)19)20-17(22)13-6-9-14(10-7-13)21-25(23,24)18(2,3)4/h5,8,11,13-14,21H,6-7,9-10H2,1-4H3,(H,20,22). The van der Waals surface area contributed by atoms with E-state index in [0.717, 1.165) is 0 Å². The van der Waals surface area contributed by atoms with Crippen LogP contribution in [0.5, 0.6) is 0 Å². The lowest BCUT2D eigenvalue weighted by Crippen LogP contribution is -2.46. The Morgan fingerprint density at radius 1 is 1.16 bits per heavy atom. The Bertz CT molecular complexity index is 733. The number of sulfonamides is 1. The minimum absolute atomic E-state index is 0.134. The van der Waals surface area contributed by atoms with Gasteiger partial charge in [-0.15, -0.1) is 0 Å². The average Bonchev–Trinajstić information content (AvgIpc) is 2.50. The summed E-state index contributed by atoms with van der Waals surface area (Å²) in [6.45, 7) is 6.65. The molecule has 1 saturated carbocycles. The average molecular weight is 370 g/mol. The minimum Gasteiger partial charge on any atom is -0.326 e. The monoisotopic (exact) mass is 370 g/mol. The fourth-order valence-electron chi connectivity index (χ4n) is 2.78. The highest BCUT2D eigenvalue weighted by molar-refractivity contribution is 7.90. The first-order valence-corrected chi connectivity index (χ1v) is 10.1. The molecule has 25 heavy (non-hydrogen) atoms. The van der Waals surface area contributed by atoms with Crippen molar-refractivity contribution in [3.05, 3.63) is 29.6 Å². The summed E-state index contributed by atoms with van der Waals surface area (Å²) in [7, 11) is -3.38. The second-order valence-corrected chi connectivity index (χ2v) is 10.2. The first-order valence-electron chi connectivity index (χ1n) is 8.58. The van der Waals surface area contributed by atoms with E-state index >= 15 is 0 Å². The lowest BCUT2D eigenvalue weighted by atomic mass is 9.86. The zero-order valence-electron chi connectivity index (χ0n) is 15.2. The molecule has 2 N–H and O–H groups in total. The van der Waals surface area contributed by atoms with Crippen LogP contribution in [-0.4, -0.2) is 25.1 Å². The number of aryl methyl sites for hydroxylation is 1. The number of carbonyl (C=O) groups excluding carboxylic acids is 1. The van der Waals surface area contributed by atoms with E-state index in [-0.39, 0.29) is 23.7 Å². The van der Waals surface area contributed by atoms with Gasteiger partial charge in [0.2, 0.25) is 15.9 Å². The van der Waals surface area contributed by atoms with Crippen LogP contribution >= 0.6 is 0 Å². The molecule has 0 aromatic heterocycles. The number of hydrogen-bond donors (Lipinski definition) is 2. The molecule has 0 radical (unpaired) electrons. The molecule has 1 aliphatic rings. The van der Waals surface area contributed by atoms with Crippen LogP contribution in [0, 0.1) is 18.7 Å². The van der Waals surface area contributed by atoms with Gasteiger partial charge in [0.05, 0.1) is 4.75 Å². The van der Waals surface area contributed by atoms with Gasteiger partial charge in [-0.1, -0.05) is 6.07 Å². The highest BCUT2D eigenvalue weighted by Crippen LogP contribution is 2.27. The molecule has 1 fully saturated rings. The van der Waals surface area contributed by atoms with Crippen molar-refractivity contribution in [1.82, 2.24) is 4.72 Å². The Morgan fingerprint density at radius 2 is 1.76 bits per heavy atom. The molecule has 2 rings (SSSR count). The highest BCUT2D eigenvalue weighted by Gasteiger charge is 2.34. The molecule has 140 valence electrons. The van der Waals surface area contributed by atoms with Crippen molar-refractivity contribution in [1.29, 1.82) is 0 Å². The van der Waals surface area contributed by atoms with Gasteiger partial charge in [-0.05, 0) is 71.1 Å². The van der Waals surface area contributed by atoms with Gasteiger partial charge in [-0.25, -0.2) is 17.5 Å². The third kappa shape index (κ3) is 5.01. The molecule has 0 unspecified atom stereocenters. The molecule has 0 spiro atoms. The molecule has 1 aliphatic carbocycles. The van der Waals surface area contributed by atoms with E-state index in [1.165, 1.54) is 6.07 Å². The van der Waals surface area contributed by atoms with E-state index in [9.17, 15) is 17.6 Å². The van der Waals surface area contributed by atoms with E-state index in [1.54, 1.807) is 39.8 Å². The summed E-state index contributed by atoms with van der Waals surface area (Å²) in [6, 6.07) is 4.49. The molecule has 0 aliphatic heterocycles. The lowest BCUT2D eigenvalue weighted by molar-refractivity contribution is -0.120. The maximum Gasteiger partial charge on any atom is 0.227 e. The molecule has 0 saturated heterocycles. The zero-order valence-corrected chi connectivity index (χ0v) is 16.0. The number of hydrogen-bond acceptors (Lipinski definition) is 3. The van der Waals surface area contributed by atoms with Gasteiger partial charge < -0.3 is 5.32 Å². The quantitative estimate of drug-likeness (QED) is 0.853. The van der Waals surface area contributed by atoms with Crippen LogP contribution in [0.2, 0.25) is 0 Å². The van der Waals surface area contributed by atoms with Crippen molar-refractivity contribution in [2.75, 3.05) is 5.32 Å². The van der Waals surface area contributed by atoms with Gasteiger partial charge in [-0.3, -0.25) is 4.79 Å². The Hall–Kier alpha value is -1.47. The van der Waals surface area contributed by atoms with Crippen molar-refractivity contribution in [2.45, 2.75) is 64.2 Å². The fraction of sp³-hybridized carbons (Fsp3) is 0.611.